The molecule has 7 nitrogen and oxygen atoms in total. The zero-order valence-electron chi connectivity index (χ0n) is 28.6. The number of alkyl halides is 4. The lowest BCUT2D eigenvalue weighted by molar-refractivity contribution is -0.134. The van der Waals surface area contributed by atoms with Crippen LogP contribution in [0.5, 0.6) is 0 Å². The maximum absolute atomic E-state index is 14.8. The van der Waals surface area contributed by atoms with E-state index in [4.69, 9.17) is 9.72 Å². The molecule has 0 aliphatic heterocycles. The van der Waals surface area contributed by atoms with E-state index in [1.54, 1.807) is 0 Å². The fourth-order valence-corrected chi connectivity index (χ4v) is 8.37. The molecule has 3 aliphatic rings. The fraction of sp³-hybridized carbons (Fsp3) is 0.765. The highest BCUT2D eigenvalue weighted by Gasteiger charge is 2.47. The molecule has 1 aromatic heterocycles. The number of hydrogen-bond donors (Lipinski definition) is 2. The molecule has 4 atom stereocenters. The summed E-state index contributed by atoms with van der Waals surface area (Å²) in [6, 6.07) is 5.79. The molecular weight excluding hydrogens is 649 g/mol. The highest BCUT2D eigenvalue weighted by molar-refractivity contribution is 7.90. The molecule has 13 heteroatoms. The Kier molecular flexibility index (Phi) is 10.8. The summed E-state index contributed by atoms with van der Waals surface area (Å²) in [6.07, 6.45) is 1.95. The number of aromatic nitrogens is 2. The first-order valence-electron chi connectivity index (χ1n) is 17.1. The third-order valence-corrected chi connectivity index (χ3v) is 12.9. The number of nitrogens with one attached hydrogen (secondary N) is 2. The molecule has 1 aromatic carbocycles. The van der Waals surface area contributed by atoms with Gasteiger partial charge in [0.2, 0.25) is 17.8 Å². The Balaban J connectivity index is 1.49. The third kappa shape index (κ3) is 9.73. The molecule has 1 unspecified atom stereocenters. The van der Waals surface area contributed by atoms with Crippen molar-refractivity contribution in [2.45, 2.75) is 140 Å². The van der Waals surface area contributed by atoms with Gasteiger partial charge < -0.3 is 19.2 Å². The summed E-state index contributed by atoms with van der Waals surface area (Å²) in [5.74, 6) is -5.73. The maximum Gasteiger partial charge on any atom is 0.248 e. The van der Waals surface area contributed by atoms with Crippen molar-refractivity contribution in [3.8, 4) is 0 Å². The quantitative estimate of drug-likeness (QED) is 0.0897. The van der Waals surface area contributed by atoms with Gasteiger partial charge in [-0.25, -0.2) is 22.5 Å². The summed E-state index contributed by atoms with van der Waals surface area (Å²) >= 11 is -1.54. The van der Waals surface area contributed by atoms with Crippen molar-refractivity contribution in [1.82, 2.24) is 19.6 Å². The summed E-state index contributed by atoms with van der Waals surface area (Å²) in [5.41, 5.74) is 2.29. The maximum atomic E-state index is 14.8. The lowest BCUT2D eigenvalue weighted by atomic mass is 9.79. The van der Waals surface area contributed by atoms with Gasteiger partial charge >= 0.3 is 0 Å². The highest BCUT2D eigenvalue weighted by atomic mass is 32.2. The molecule has 47 heavy (non-hydrogen) atoms. The zero-order valence-corrected chi connectivity index (χ0v) is 30.5. The fourth-order valence-electron chi connectivity index (χ4n) is 6.73. The standard InChI is InChI=1S/C34H52F4N4O3SSi/c1-32(2,3)46(44)41-30(25-8-7-13-33(35,36)20-25)31-39-26-12-11-24(17-27(26)42(31)21-45-14-15-47(4,5)6)29(23-9-10-23)40-28(43)16-22-18-34(37,38)19-22/h11-12,17,22-23,25,29-30,41H,7-10,13-16,18-21H2,1-6H3,(H,40,43)/t25-,29-,30+,46?/m1/s1. The minimum atomic E-state index is -2.81. The Bertz CT molecular complexity index is 1400. The van der Waals surface area contributed by atoms with E-state index in [2.05, 4.69) is 29.7 Å². The van der Waals surface area contributed by atoms with Gasteiger partial charge in [0.05, 0.1) is 17.1 Å². The van der Waals surface area contributed by atoms with E-state index in [-0.39, 0.29) is 62.6 Å². The second-order valence-corrected chi connectivity index (χ2v) is 24.0. The minimum Gasteiger partial charge on any atom is -0.598 e. The van der Waals surface area contributed by atoms with Crippen molar-refractivity contribution in [1.29, 1.82) is 0 Å². The van der Waals surface area contributed by atoms with Crippen LogP contribution in [-0.4, -0.2) is 51.3 Å². The van der Waals surface area contributed by atoms with Gasteiger partial charge in [-0.3, -0.25) is 4.79 Å². The molecule has 1 amide bonds. The molecule has 3 aliphatic carbocycles. The Morgan fingerprint density at radius 1 is 1.09 bits per heavy atom. The average Bonchev–Trinajstić information content (AvgIpc) is 3.71. The molecule has 1 heterocycles. The molecule has 0 saturated heterocycles. The van der Waals surface area contributed by atoms with E-state index < -0.39 is 48.0 Å². The van der Waals surface area contributed by atoms with Crippen LogP contribution in [0.1, 0.15) is 102 Å². The van der Waals surface area contributed by atoms with E-state index in [0.29, 0.717) is 30.8 Å². The molecule has 0 radical (unpaired) electrons. The minimum absolute atomic E-state index is 0.0817. The van der Waals surface area contributed by atoms with E-state index >= 15 is 0 Å². The summed E-state index contributed by atoms with van der Waals surface area (Å²) in [6.45, 7) is 13.1. The van der Waals surface area contributed by atoms with Gasteiger partial charge in [-0.15, -0.1) is 4.72 Å². The largest absolute Gasteiger partial charge is 0.598 e. The number of rotatable bonds is 14. The van der Waals surface area contributed by atoms with Crippen LogP contribution in [0.3, 0.4) is 0 Å². The number of imidazole rings is 1. The molecule has 3 fully saturated rings. The molecule has 2 N–H and O–H groups in total. The Morgan fingerprint density at radius 2 is 1.79 bits per heavy atom. The molecule has 3 saturated carbocycles. The molecule has 0 bridgehead atoms. The molecule has 2 aromatic rings. The lowest BCUT2D eigenvalue weighted by Gasteiger charge is -2.36. The van der Waals surface area contributed by atoms with E-state index in [1.165, 1.54) is 0 Å². The summed E-state index contributed by atoms with van der Waals surface area (Å²) < 4.78 is 80.7. The predicted molar refractivity (Wildman–Crippen MR) is 180 cm³/mol. The monoisotopic (exact) mass is 700 g/mol. The van der Waals surface area contributed by atoms with Crippen molar-refractivity contribution in [3.05, 3.63) is 29.6 Å². The van der Waals surface area contributed by atoms with Crippen LogP contribution >= 0.6 is 0 Å². The summed E-state index contributed by atoms with van der Waals surface area (Å²) in [7, 11) is -1.39. The molecular formula is C34H52F4N4O3SSi. The van der Waals surface area contributed by atoms with E-state index in [1.807, 2.05) is 43.5 Å². The topological polar surface area (TPSA) is 91.2 Å². The number of carbonyl (C=O) groups excluding carboxylic acids is 1. The van der Waals surface area contributed by atoms with Crippen LogP contribution in [0.4, 0.5) is 17.6 Å². The van der Waals surface area contributed by atoms with Gasteiger partial charge in [0.25, 0.3) is 0 Å². The van der Waals surface area contributed by atoms with Crippen molar-refractivity contribution in [2.75, 3.05) is 6.61 Å². The smallest absolute Gasteiger partial charge is 0.248 e. The van der Waals surface area contributed by atoms with E-state index in [0.717, 1.165) is 30.0 Å². The lowest BCUT2D eigenvalue weighted by Crippen LogP contribution is -2.45. The number of hydrogen-bond acceptors (Lipinski definition) is 5. The summed E-state index contributed by atoms with van der Waals surface area (Å²) in [4.78, 5) is 18.0. The van der Waals surface area contributed by atoms with Gasteiger partial charge in [0.1, 0.15) is 23.3 Å². The summed E-state index contributed by atoms with van der Waals surface area (Å²) in [5, 5.41) is 3.13. The van der Waals surface area contributed by atoms with Gasteiger partial charge in [-0.1, -0.05) is 25.7 Å². The van der Waals surface area contributed by atoms with Crippen LogP contribution in [0.15, 0.2) is 18.2 Å². The Morgan fingerprint density at radius 3 is 2.38 bits per heavy atom. The number of carbonyl (C=O) groups is 1. The van der Waals surface area contributed by atoms with Crippen molar-refractivity contribution in [2.24, 2.45) is 17.8 Å². The second-order valence-electron chi connectivity index (χ2n) is 16.4. The van der Waals surface area contributed by atoms with Gasteiger partial charge in [0.15, 0.2) is 0 Å². The van der Waals surface area contributed by atoms with Crippen LogP contribution in [0.25, 0.3) is 11.0 Å². The average molecular weight is 701 g/mol. The predicted octanol–water partition coefficient (Wildman–Crippen LogP) is 8.27. The third-order valence-electron chi connectivity index (χ3n) is 9.65. The first-order chi connectivity index (χ1) is 21.8. The van der Waals surface area contributed by atoms with Crippen molar-refractivity contribution in [3.63, 3.8) is 0 Å². The molecule has 264 valence electrons. The number of nitrogens with zero attached hydrogens (tertiary/aromatic N) is 2. The number of benzene rings is 1. The first kappa shape index (κ1) is 36.6. The first-order valence-corrected chi connectivity index (χ1v) is 22.0. The van der Waals surface area contributed by atoms with Crippen LogP contribution in [0, 0.1) is 17.8 Å². The number of amides is 1. The molecule has 5 rings (SSSR count). The zero-order chi connectivity index (χ0) is 34.4. The number of ether oxygens (including phenoxy) is 1. The normalized spacial score (nSPS) is 23.7. The van der Waals surface area contributed by atoms with E-state index in [9.17, 15) is 26.9 Å². The van der Waals surface area contributed by atoms with Crippen LogP contribution in [0.2, 0.25) is 25.7 Å². The highest BCUT2D eigenvalue weighted by Crippen LogP contribution is 2.46. The second kappa shape index (κ2) is 13.9. The molecule has 0 spiro atoms. The Labute approximate surface area is 280 Å². The van der Waals surface area contributed by atoms with Crippen LogP contribution < -0.4 is 10.0 Å². The van der Waals surface area contributed by atoms with Crippen molar-refractivity contribution < 1.29 is 31.6 Å². The van der Waals surface area contributed by atoms with Gasteiger partial charge in [-0.2, -0.15) is 0 Å². The van der Waals surface area contributed by atoms with Gasteiger partial charge in [-0.05, 0) is 87.9 Å². The number of fused-ring (bicyclic) bond motifs is 1. The SMILES string of the molecule is CC(C)(C)[S+]([O-])N[C@H](c1nc2ccc([C@H](NC(=O)CC3CC(F)(F)C3)C3CC3)cc2n1COCC[Si](C)(C)C)[C@@H]1CCCC(F)(F)C1. The van der Waals surface area contributed by atoms with Crippen molar-refractivity contribution >= 4 is 36.4 Å². The van der Waals surface area contributed by atoms with Crippen LogP contribution in [-0.2, 0) is 27.6 Å². The Hall–Kier alpha value is -1.67. The number of halogens is 4. The van der Waals surface area contributed by atoms with Gasteiger partial charge in [0, 0.05) is 58.1 Å².